The standard InChI is InChI=1S/C25H29Cl2N5O6S/c1-15(2)29-14-23-30(39(37,38)22-10-7-17(26)12-19(22)27)13-21(28(3)4)25(34)31(23)20(24(29)33)11-16-5-8-18(9-6-16)32(35)36/h5-10,12,15,20-21,23H,11,13-14H2,1-4H3. The van der Waals surface area contributed by atoms with Crippen LogP contribution in [0.3, 0.4) is 0 Å². The van der Waals surface area contributed by atoms with E-state index in [1.54, 1.807) is 23.9 Å². The number of fused-ring (bicyclic) bond motifs is 1. The zero-order valence-corrected chi connectivity index (χ0v) is 24.2. The SMILES string of the molecule is CC(C)N1CC2N(C(=O)C(N(C)C)CN2S(=O)(=O)c2ccc(Cl)cc2Cl)C(Cc2ccc([N+](=O)[O-])cc2)C1=O. The Morgan fingerprint density at radius 2 is 1.69 bits per heavy atom. The maximum Gasteiger partial charge on any atom is 0.269 e. The van der Waals surface area contributed by atoms with Crippen LogP contribution in [0.25, 0.3) is 0 Å². The molecule has 0 N–H and O–H groups in total. The average molecular weight is 599 g/mol. The first-order valence-electron chi connectivity index (χ1n) is 12.2. The van der Waals surface area contributed by atoms with Gasteiger partial charge in [0.05, 0.1) is 16.5 Å². The first-order chi connectivity index (χ1) is 18.2. The quantitative estimate of drug-likeness (QED) is 0.355. The summed E-state index contributed by atoms with van der Waals surface area (Å²) in [7, 11) is -0.904. The molecule has 2 amide bonds. The largest absolute Gasteiger partial charge is 0.335 e. The van der Waals surface area contributed by atoms with Crippen molar-refractivity contribution in [1.82, 2.24) is 19.0 Å². The first-order valence-corrected chi connectivity index (χ1v) is 14.4. The molecule has 2 saturated heterocycles. The number of piperazine rings is 1. The first kappa shape index (κ1) is 29.2. The minimum Gasteiger partial charge on any atom is -0.335 e. The lowest BCUT2D eigenvalue weighted by molar-refractivity contribution is -0.384. The highest BCUT2D eigenvalue weighted by Gasteiger charge is 2.54. The van der Waals surface area contributed by atoms with Gasteiger partial charge in [-0.1, -0.05) is 35.3 Å². The van der Waals surface area contributed by atoms with Gasteiger partial charge in [0.1, 0.15) is 23.1 Å². The number of carbonyl (C=O) groups is 2. The van der Waals surface area contributed by atoms with Crippen LogP contribution in [0.15, 0.2) is 47.4 Å². The van der Waals surface area contributed by atoms with Crippen molar-refractivity contribution < 1.29 is 22.9 Å². The lowest BCUT2D eigenvalue weighted by Gasteiger charge is -2.54. The Balaban J connectivity index is 1.83. The molecule has 2 heterocycles. The van der Waals surface area contributed by atoms with E-state index in [-0.39, 0.29) is 58.0 Å². The van der Waals surface area contributed by atoms with Gasteiger partial charge in [-0.25, -0.2) is 8.42 Å². The Kier molecular flexibility index (Phi) is 8.25. The Morgan fingerprint density at radius 1 is 1.05 bits per heavy atom. The molecule has 2 aromatic rings. The predicted molar refractivity (Wildman–Crippen MR) is 146 cm³/mol. The Hall–Kier alpha value is -2.77. The fourth-order valence-electron chi connectivity index (χ4n) is 5.03. The van der Waals surface area contributed by atoms with E-state index in [2.05, 4.69) is 0 Å². The topological polar surface area (TPSA) is 124 Å². The Bertz CT molecular complexity index is 1400. The summed E-state index contributed by atoms with van der Waals surface area (Å²) in [5, 5.41) is 11.3. The van der Waals surface area contributed by atoms with Crippen molar-refractivity contribution in [2.24, 2.45) is 0 Å². The van der Waals surface area contributed by atoms with Crippen LogP contribution in [0, 0.1) is 10.1 Å². The number of nitro benzene ring substituents is 1. The highest BCUT2D eigenvalue weighted by atomic mass is 35.5. The molecule has 2 fully saturated rings. The van der Waals surface area contributed by atoms with Crippen LogP contribution in [0.1, 0.15) is 19.4 Å². The van der Waals surface area contributed by atoms with Crippen molar-refractivity contribution in [1.29, 1.82) is 0 Å². The number of nitro groups is 1. The second-order valence-corrected chi connectivity index (χ2v) is 12.8. The summed E-state index contributed by atoms with van der Waals surface area (Å²) in [6.07, 6.45) is -0.938. The van der Waals surface area contributed by atoms with Crippen LogP contribution in [-0.2, 0) is 26.0 Å². The van der Waals surface area contributed by atoms with E-state index in [1.807, 2.05) is 13.8 Å². The highest BCUT2D eigenvalue weighted by molar-refractivity contribution is 7.89. The van der Waals surface area contributed by atoms with Gasteiger partial charge in [-0.15, -0.1) is 0 Å². The smallest absolute Gasteiger partial charge is 0.269 e. The second-order valence-electron chi connectivity index (χ2n) is 10.1. The van der Waals surface area contributed by atoms with E-state index in [1.165, 1.54) is 51.7 Å². The van der Waals surface area contributed by atoms with Gasteiger partial charge < -0.3 is 9.80 Å². The van der Waals surface area contributed by atoms with Crippen LogP contribution >= 0.6 is 23.2 Å². The highest BCUT2D eigenvalue weighted by Crippen LogP contribution is 2.35. The third-order valence-electron chi connectivity index (χ3n) is 7.11. The molecule has 14 heteroatoms. The molecule has 2 aromatic carbocycles. The van der Waals surface area contributed by atoms with Gasteiger partial charge in [0.25, 0.3) is 5.69 Å². The van der Waals surface area contributed by atoms with Crippen molar-refractivity contribution in [3.63, 3.8) is 0 Å². The minimum atomic E-state index is -4.24. The van der Waals surface area contributed by atoms with E-state index < -0.39 is 33.2 Å². The van der Waals surface area contributed by atoms with Crippen molar-refractivity contribution in [3.8, 4) is 0 Å². The summed E-state index contributed by atoms with van der Waals surface area (Å²) in [5.41, 5.74) is 0.493. The summed E-state index contributed by atoms with van der Waals surface area (Å²) in [6.45, 7) is 3.47. The monoisotopic (exact) mass is 597 g/mol. The molecule has 0 aromatic heterocycles. The zero-order chi connectivity index (χ0) is 28.8. The van der Waals surface area contributed by atoms with Crippen LogP contribution in [0.5, 0.6) is 0 Å². The Morgan fingerprint density at radius 3 is 2.23 bits per heavy atom. The summed E-state index contributed by atoms with van der Waals surface area (Å²) in [4.78, 5) is 42.6. The maximum atomic E-state index is 14.0. The van der Waals surface area contributed by atoms with Gasteiger partial charge in [-0.2, -0.15) is 4.31 Å². The molecule has 0 aliphatic carbocycles. The van der Waals surface area contributed by atoms with Crippen LogP contribution in [0.4, 0.5) is 5.69 Å². The molecule has 0 spiro atoms. The summed E-state index contributed by atoms with van der Waals surface area (Å²) < 4.78 is 29.3. The molecule has 4 rings (SSSR count). The number of non-ortho nitro benzene ring substituents is 1. The van der Waals surface area contributed by atoms with Crippen molar-refractivity contribution in [2.45, 2.75) is 49.5 Å². The Labute approximate surface area is 237 Å². The van der Waals surface area contributed by atoms with E-state index in [4.69, 9.17) is 23.2 Å². The molecule has 210 valence electrons. The molecule has 11 nitrogen and oxygen atoms in total. The second kappa shape index (κ2) is 11.0. The molecule has 39 heavy (non-hydrogen) atoms. The zero-order valence-electron chi connectivity index (χ0n) is 21.8. The lowest BCUT2D eigenvalue weighted by atomic mass is 9.96. The van der Waals surface area contributed by atoms with Crippen molar-refractivity contribution in [3.05, 3.63) is 68.2 Å². The average Bonchev–Trinajstić information content (AvgIpc) is 2.85. The molecule has 3 unspecified atom stereocenters. The van der Waals surface area contributed by atoms with E-state index in [0.717, 1.165) is 0 Å². The number of rotatable bonds is 7. The van der Waals surface area contributed by atoms with E-state index >= 15 is 0 Å². The van der Waals surface area contributed by atoms with Crippen LogP contribution in [-0.4, -0.2) is 95.6 Å². The van der Waals surface area contributed by atoms with E-state index in [9.17, 15) is 28.1 Å². The summed E-state index contributed by atoms with van der Waals surface area (Å²) in [6, 6.07) is 7.68. The summed E-state index contributed by atoms with van der Waals surface area (Å²) >= 11 is 12.3. The van der Waals surface area contributed by atoms with Gasteiger partial charge in [-0.3, -0.25) is 24.6 Å². The van der Waals surface area contributed by atoms with Gasteiger partial charge >= 0.3 is 0 Å². The fourth-order valence-corrected chi connectivity index (χ4v) is 7.35. The third kappa shape index (κ3) is 5.48. The molecule has 2 aliphatic heterocycles. The van der Waals surface area contributed by atoms with Crippen molar-refractivity contribution in [2.75, 3.05) is 27.2 Å². The number of hydrogen-bond acceptors (Lipinski definition) is 7. The number of sulfonamides is 1. The number of likely N-dealkylation sites (N-methyl/N-ethyl adjacent to an activating group) is 1. The van der Waals surface area contributed by atoms with Crippen LogP contribution < -0.4 is 0 Å². The third-order valence-corrected chi connectivity index (χ3v) is 9.69. The normalized spacial score (nSPS) is 22.5. The number of hydrogen-bond donors (Lipinski definition) is 0. The molecule has 3 atom stereocenters. The lowest BCUT2D eigenvalue weighted by Crippen LogP contribution is -2.76. The van der Waals surface area contributed by atoms with Gasteiger partial charge in [0, 0.05) is 36.2 Å². The molecule has 0 radical (unpaired) electrons. The molecular weight excluding hydrogens is 569 g/mol. The maximum absolute atomic E-state index is 14.0. The molecule has 2 aliphatic rings. The fraction of sp³-hybridized carbons (Fsp3) is 0.440. The number of carbonyl (C=O) groups excluding carboxylic acids is 2. The van der Waals surface area contributed by atoms with E-state index in [0.29, 0.717) is 5.56 Å². The molecular formula is C25H29Cl2N5O6S. The van der Waals surface area contributed by atoms with Crippen molar-refractivity contribution >= 4 is 50.7 Å². The number of halogens is 2. The number of benzene rings is 2. The van der Waals surface area contributed by atoms with Gasteiger partial charge in [-0.05, 0) is 51.7 Å². The number of amides is 2. The number of nitrogens with zero attached hydrogens (tertiary/aromatic N) is 5. The predicted octanol–water partition coefficient (Wildman–Crippen LogP) is 2.85. The van der Waals surface area contributed by atoms with Gasteiger partial charge in [0.2, 0.25) is 21.8 Å². The molecule has 0 bridgehead atoms. The van der Waals surface area contributed by atoms with Crippen LogP contribution in [0.2, 0.25) is 10.0 Å². The van der Waals surface area contributed by atoms with Gasteiger partial charge in [0.15, 0.2) is 0 Å². The minimum absolute atomic E-state index is 0.0242. The summed E-state index contributed by atoms with van der Waals surface area (Å²) in [5.74, 6) is -0.698. The molecule has 0 saturated carbocycles.